The number of para-hydroxylation sites is 1. The van der Waals surface area contributed by atoms with Crippen LogP contribution >= 0.6 is 0 Å². The van der Waals surface area contributed by atoms with Gasteiger partial charge in [0.15, 0.2) is 6.17 Å². The summed E-state index contributed by atoms with van der Waals surface area (Å²) in [5, 5.41) is 0. The van der Waals surface area contributed by atoms with E-state index in [2.05, 4.69) is 75.4 Å². The molecule has 3 fully saturated rings. The summed E-state index contributed by atoms with van der Waals surface area (Å²) in [5.74, 6) is 0. The quantitative estimate of drug-likeness (QED) is 0.744. The van der Waals surface area contributed by atoms with Crippen molar-refractivity contribution in [1.29, 1.82) is 0 Å². The Labute approximate surface area is 175 Å². The number of hydrogen-bond donors (Lipinski definition) is 0. The minimum absolute atomic E-state index is 0.608. The second-order valence-electron chi connectivity index (χ2n) is 9.10. The first kappa shape index (κ1) is 19.3. The Morgan fingerprint density at radius 1 is 0.724 bits per heavy atom. The van der Waals surface area contributed by atoms with Crippen LogP contribution in [0, 0.1) is 0 Å². The zero-order valence-electron chi connectivity index (χ0n) is 17.6. The van der Waals surface area contributed by atoms with Gasteiger partial charge in [-0.2, -0.15) is 0 Å². The summed E-state index contributed by atoms with van der Waals surface area (Å²) in [6, 6.07) is 22.4. The number of hydrogen-bond acceptors (Lipinski definition) is 3. The van der Waals surface area contributed by atoms with Crippen LogP contribution in [0.2, 0.25) is 0 Å². The zero-order chi connectivity index (χ0) is 19.5. The molecule has 5 rings (SSSR count). The number of fused-ring (bicyclic) bond motifs is 1. The van der Waals surface area contributed by atoms with Crippen molar-refractivity contribution in [2.45, 2.75) is 25.6 Å². The molecule has 3 unspecified atom stereocenters. The molecule has 2 aromatic rings. The van der Waals surface area contributed by atoms with Gasteiger partial charge in [-0.05, 0) is 37.2 Å². The largest absolute Gasteiger partial charge is 0.298 e. The number of benzene rings is 2. The molecule has 0 saturated carbocycles. The smallest absolute Gasteiger partial charge is 0.163 e. The molecule has 3 heterocycles. The van der Waals surface area contributed by atoms with E-state index in [9.17, 15) is 0 Å². The molecule has 0 spiro atoms. The molecule has 4 nitrogen and oxygen atoms in total. The van der Waals surface area contributed by atoms with Gasteiger partial charge < -0.3 is 0 Å². The van der Waals surface area contributed by atoms with Crippen molar-refractivity contribution in [3.8, 4) is 0 Å². The molecule has 4 heteroatoms. The van der Waals surface area contributed by atoms with E-state index in [4.69, 9.17) is 0 Å². The molecule has 3 saturated heterocycles. The first-order chi connectivity index (χ1) is 14.3. The molecule has 3 aliphatic heterocycles. The SMILES string of the molecule is c1ccc(CN2CCCN3CC[N+]4(c5ccccc5)CCCN(CC2)C4C3)cc1. The average Bonchev–Trinajstić information content (AvgIpc) is 2.78. The van der Waals surface area contributed by atoms with E-state index in [1.807, 2.05) is 0 Å². The Balaban J connectivity index is 1.38. The van der Waals surface area contributed by atoms with E-state index in [0.717, 1.165) is 6.54 Å². The molecule has 154 valence electrons. The molecule has 0 radical (unpaired) electrons. The Bertz CT molecular complexity index is 780. The Kier molecular flexibility index (Phi) is 5.69. The highest BCUT2D eigenvalue weighted by molar-refractivity contribution is 5.44. The van der Waals surface area contributed by atoms with Crippen LogP contribution in [0.1, 0.15) is 18.4 Å². The van der Waals surface area contributed by atoms with Crippen LogP contribution < -0.4 is 4.48 Å². The number of nitrogens with zero attached hydrogens (tertiary/aromatic N) is 4. The molecule has 0 aliphatic carbocycles. The van der Waals surface area contributed by atoms with E-state index in [1.54, 1.807) is 0 Å². The van der Waals surface area contributed by atoms with Crippen LogP contribution in [-0.2, 0) is 6.54 Å². The summed E-state index contributed by atoms with van der Waals surface area (Å²) in [4.78, 5) is 8.25. The predicted molar refractivity (Wildman–Crippen MR) is 121 cm³/mol. The third-order valence-corrected chi connectivity index (χ3v) is 7.40. The van der Waals surface area contributed by atoms with Crippen molar-refractivity contribution in [3.63, 3.8) is 0 Å². The highest BCUT2D eigenvalue weighted by atomic mass is 15.5. The van der Waals surface area contributed by atoms with Gasteiger partial charge in [0.25, 0.3) is 0 Å². The Hall–Kier alpha value is -1.72. The van der Waals surface area contributed by atoms with Gasteiger partial charge in [-0.25, -0.2) is 0 Å². The fourth-order valence-electron chi connectivity index (χ4n) is 5.86. The molecule has 29 heavy (non-hydrogen) atoms. The second kappa shape index (κ2) is 8.57. The van der Waals surface area contributed by atoms with Crippen molar-refractivity contribution in [2.75, 3.05) is 58.9 Å². The summed E-state index contributed by atoms with van der Waals surface area (Å²) in [7, 11) is 0. The van der Waals surface area contributed by atoms with Gasteiger partial charge in [0.05, 0.1) is 19.6 Å². The van der Waals surface area contributed by atoms with Crippen molar-refractivity contribution in [1.82, 2.24) is 19.2 Å². The highest BCUT2D eigenvalue weighted by Crippen LogP contribution is 2.35. The third-order valence-electron chi connectivity index (χ3n) is 7.40. The Morgan fingerprint density at radius 3 is 2.34 bits per heavy atom. The monoisotopic (exact) mass is 391 g/mol. The van der Waals surface area contributed by atoms with Gasteiger partial charge in [0.1, 0.15) is 5.69 Å². The maximum Gasteiger partial charge on any atom is 0.163 e. The van der Waals surface area contributed by atoms with Crippen molar-refractivity contribution < 1.29 is 0 Å². The third kappa shape index (κ3) is 3.99. The maximum atomic E-state index is 2.83. The summed E-state index contributed by atoms with van der Waals surface area (Å²) < 4.78 is 1.18. The van der Waals surface area contributed by atoms with Crippen molar-refractivity contribution >= 4 is 5.69 Å². The number of rotatable bonds is 3. The lowest BCUT2D eigenvalue weighted by atomic mass is 10.0. The van der Waals surface area contributed by atoms with E-state index < -0.39 is 0 Å². The molecule has 2 bridgehead atoms. The first-order valence-corrected chi connectivity index (χ1v) is 11.5. The molecule has 0 amide bonds. The molecule has 3 atom stereocenters. The molecular formula is C25H35N4+. The average molecular weight is 392 g/mol. The van der Waals surface area contributed by atoms with Crippen molar-refractivity contribution in [3.05, 3.63) is 66.2 Å². The number of quaternary nitrogens is 1. The highest BCUT2D eigenvalue weighted by Gasteiger charge is 2.48. The van der Waals surface area contributed by atoms with Crippen LogP contribution in [0.25, 0.3) is 0 Å². The number of piperazine rings is 1. The topological polar surface area (TPSA) is 9.72 Å². The molecule has 3 aliphatic rings. The van der Waals surface area contributed by atoms with Crippen LogP contribution in [0.15, 0.2) is 60.7 Å². The van der Waals surface area contributed by atoms with Gasteiger partial charge in [0, 0.05) is 39.1 Å². The fraction of sp³-hybridized carbons (Fsp3) is 0.520. The van der Waals surface area contributed by atoms with E-state index in [0.29, 0.717) is 6.17 Å². The van der Waals surface area contributed by atoms with E-state index in [-0.39, 0.29) is 0 Å². The van der Waals surface area contributed by atoms with Crippen LogP contribution in [0.5, 0.6) is 0 Å². The summed E-state index contributed by atoms with van der Waals surface area (Å²) in [5.41, 5.74) is 2.97. The molecule has 2 aromatic carbocycles. The van der Waals surface area contributed by atoms with Gasteiger partial charge in [-0.15, -0.1) is 0 Å². The van der Waals surface area contributed by atoms with Gasteiger partial charge >= 0.3 is 0 Å². The zero-order valence-corrected chi connectivity index (χ0v) is 17.6. The van der Waals surface area contributed by atoms with Crippen LogP contribution in [0.3, 0.4) is 0 Å². The second-order valence-corrected chi connectivity index (χ2v) is 9.10. The molecule has 0 aromatic heterocycles. The van der Waals surface area contributed by atoms with Crippen LogP contribution in [-0.4, -0.2) is 79.8 Å². The lowest BCUT2D eigenvalue weighted by Crippen LogP contribution is -2.75. The predicted octanol–water partition coefficient (Wildman–Crippen LogP) is 3.25. The summed E-state index contributed by atoms with van der Waals surface area (Å²) >= 11 is 0. The molecule has 0 N–H and O–H groups in total. The first-order valence-electron chi connectivity index (χ1n) is 11.5. The lowest BCUT2D eigenvalue weighted by Gasteiger charge is -2.56. The summed E-state index contributed by atoms with van der Waals surface area (Å²) in [6.07, 6.45) is 3.20. The Morgan fingerprint density at radius 2 is 1.52 bits per heavy atom. The minimum atomic E-state index is 0.608. The lowest BCUT2D eigenvalue weighted by molar-refractivity contribution is -0.0520. The summed E-state index contributed by atoms with van der Waals surface area (Å²) in [6.45, 7) is 12.2. The van der Waals surface area contributed by atoms with E-state index >= 15 is 0 Å². The van der Waals surface area contributed by atoms with Crippen LogP contribution in [0.4, 0.5) is 5.69 Å². The van der Waals surface area contributed by atoms with Gasteiger partial charge in [-0.3, -0.25) is 19.2 Å². The maximum absolute atomic E-state index is 2.83. The fourth-order valence-corrected chi connectivity index (χ4v) is 5.86. The van der Waals surface area contributed by atoms with E-state index in [1.165, 1.54) is 87.5 Å². The normalized spacial score (nSPS) is 31.3. The van der Waals surface area contributed by atoms with Gasteiger partial charge in [0.2, 0.25) is 0 Å². The standard InChI is InChI=1S/C25H35N4/c1-3-9-23(10-4-1)21-26-13-7-14-27-18-20-29(24-11-5-2-6-12-24)19-8-15-28(17-16-26)25(29)22-27/h1-6,9-12,25H,7-8,13-22H2/q+1. The van der Waals surface area contributed by atoms with Gasteiger partial charge in [-0.1, -0.05) is 48.5 Å². The van der Waals surface area contributed by atoms with Crippen molar-refractivity contribution in [2.24, 2.45) is 0 Å². The molecular weight excluding hydrogens is 356 g/mol. The minimum Gasteiger partial charge on any atom is -0.298 e.